The smallest absolute Gasteiger partial charge is 0.138 e. The first-order valence-electron chi connectivity index (χ1n) is 6.47. The molecule has 0 radical (unpaired) electrons. The van der Waals surface area contributed by atoms with E-state index in [2.05, 4.69) is 22.9 Å². The fourth-order valence-electron chi connectivity index (χ4n) is 1.83. The Bertz CT molecular complexity index is 333. The summed E-state index contributed by atoms with van der Waals surface area (Å²) in [4.78, 5) is 12.9. The molecule has 0 saturated heterocycles. The molecule has 1 aromatic rings. The van der Waals surface area contributed by atoms with Gasteiger partial charge in [-0.05, 0) is 28.4 Å². The summed E-state index contributed by atoms with van der Waals surface area (Å²) < 4.78 is 1.09. The highest BCUT2D eigenvalue weighted by Gasteiger charge is 2.05. The highest BCUT2D eigenvalue weighted by Crippen LogP contribution is 2.21. The van der Waals surface area contributed by atoms with Gasteiger partial charge in [0.05, 0.1) is 0 Å². The molecule has 1 aromatic heterocycles. The molecule has 1 nitrogen and oxygen atoms in total. The number of hydrogen-bond donors (Lipinski definition) is 0. The van der Waals surface area contributed by atoms with Crippen LogP contribution < -0.4 is 0 Å². The molecular formula is C14H21BrOS. The van der Waals surface area contributed by atoms with Crippen molar-refractivity contribution in [3.05, 3.63) is 20.8 Å². The molecule has 1 rings (SSSR count). The minimum Gasteiger partial charge on any atom is -0.299 e. The van der Waals surface area contributed by atoms with Gasteiger partial charge >= 0.3 is 0 Å². The van der Waals surface area contributed by atoms with Crippen molar-refractivity contribution in [2.75, 3.05) is 0 Å². The maximum atomic E-state index is 11.7. The number of hydrogen-bond acceptors (Lipinski definition) is 2. The molecule has 17 heavy (non-hydrogen) atoms. The second-order valence-electron chi connectivity index (χ2n) is 4.46. The van der Waals surface area contributed by atoms with E-state index in [9.17, 15) is 4.79 Å². The minimum atomic E-state index is 0.384. The quantitative estimate of drug-likeness (QED) is 0.559. The van der Waals surface area contributed by atoms with Gasteiger partial charge in [-0.1, -0.05) is 39.0 Å². The summed E-state index contributed by atoms with van der Waals surface area (Å²) in [5, 5.41) is 2.04. The van der Waals surface area contributed by atoms with E-state index in [1.165, 1.54) is 37.0 Å². The average Bonchev–Trinajstić information content (AvgIpc) is 2.69. The van der Waals surface area contributed by atoms with E-state index < -0.39 is 0 Å². The van der Waals surface area contributed by atoms with Gasteiger partial charge in [-0.15, -0.1) is 11.3 Å². The van der Waals surface area contributed by atoms with Crippen LogP contribution in [0.5, 0.6) is 0 Å². The van der Waals surface area contributed by atoms with Crippen LogP contribution in [0.4, 0.5) is 0 Å². The minimum absolute atomic E-state index is 0.384. The molecule has 0 saturated carbocycles. The molecule has 3 heteroatoms. The zero-order valence-electron chi connectivity index (χ0n) is 10.5. The Balaban J connectivity index is 2.05. The molecule has 0 bridgehead atoms. The van der Waals surface area contributed by atoms with Gasteiger partial charge in [-0.2, -0.15) is 0 Å². The Hall–Kier alpha value is -0.150. The second kappa shape index (κ2) is 8.87. The van der Waals surface area contributed by atoms with Crippen LogP contribution in [0, 0.1) is 0 Å². The monoisotopic (exact) mass is 316 g/mol. The number of rotatable bonds is 9. The molecule has 0 aliphatic carbocycles. The van der Waals surface area contributed by atoms with Crippen molar-refractivity contribution in [3.8, 4) is 0 Å². The van der Waals surface area contributed by atoms with E-state index in [-0.39, 0.29) is 0 Å². The maximum absolute atomic E-state index is 11.7. The molecule has 0 aliphatic heterocycles. The van der Waals surface area contributed by atoms with E-state index in [1.54, 1.807) is 11.3 Å². The van der Waals surface area contributed by atoms with E-state index in [4.69, 9.17) is 0 Å². The Kier molecular flexibility index (Phi) is 7.78. The van der Waals surface area contributed by atoms with Crippen LogP contribution in [-0.2, 0) is 11.2 Å². The lowest BCUT2D eigenvalue weighted by molar-refractivity contribution is -0.118. The molecule has 0 N–H and O–H groups in total. The SMILES string of the molecule is CCCCCCCCC(=O)Cc1cc(Br)cs1. The van der Waals surface area contributed by atoms with Gasteiger partial charge in [-0.3, -0.25) is 4.79 Å². The fraction of sp³-hybridized carbons (Fsp3) is 0.643. The van der Waals surface area contributed by atoms with Gasteiger partial charge in [0.15, 0.2) is 0 Å². The normalized spacial score (nSPS) is 10.7. The molecule has 0 amide bonds. The third-order valence-corrected chi connectivity index (χ3v) is 4.50. The number of thiophene rings is 1. The molecule has 0 aromatic carbocycles. The summed E-state index contributed by atoms with van der Waals surface area (Å²) in [5.41, 5.74) is 0. The lowest BCUT2D eigenvalue weighted by atomic mass is 10.1. The summed E-state index contributed by atoms with van der Waals surface area (Å²) in [6.45, 7) is 2.22. The zero-order chi connectivity index (χ0) is 12.5. The van der Waals surface area contributed by atoms with E-state index in [1.807, 2.05) is 11.4 Å². The standard InChI is InChI=1S/C14H21BrOS/c1-2-3-4-5-6-7-8-13(16)10-14-9-12(15)11-17-14/h9,11H,2-8,10H2,1H3. The number of carbonyl (C=O) groups is 1. The van der Waals surface area contributed by atoms with Crippen molar-refractivity contribution < 1.29 is 4.79 Å². The molecule has 0 unspecified atom stereocenters. The van der Waals surface area contributed by atoms with E-state index in [0.717, 1.165) is 17.3 Å². The molecule has 0 fully saturated rings. The number of unbranched alkanes of at least 4 members (excludes halogenated alkanes) is 5. The van der Waals surface area contributed by atoms with Crippen LogP contribution in [-0.4, -0.2) is 5.78 Å². The van der Waals surface area contributed by atoms with Crippen LogP contribution in [0.2, 0.25) is 0 Å². The number of ketones is 1. The van der Waals surface area contributed by atoms with Gasteiger partial charge in [0, 0.05) is 27.6 Å². The van der Waals surface area contributed by atoms with E-state index >= 15 is 0 Å². The van der Waals surface area contributed by atoms with Crippen LogP contribution in [0.15, 0.2) is 15.9 Å². The first kappa shape index (κ1) is 14.9. The molecule has 0 atom stereocenters. The maximum Gasteiger partial charge on any atom is 0.138 e. The van der Waals surface area contributed by atoms with Gasteiger partial charge in [-0.25, -0.2) is 0 Å². The number of halogens is 1. The highest BCUT2D eigenvalue weighted by atomic mass is 79.9. The molecule has 0 spiro atoms. The van der Waals surface area contributed by atoms with E-state index in [0.29, 0.717) is 12.2 Å². The topological polar surface area (TPSA) is 17.1 Å². The summed E-state index contributed by atoms with van der Waals surface area (Å²) in [7, 11) is 0. The van der Waals surface area contributed by atoms with Gasteiger partial charge in [0.1, 0.15) is 5.78 Å². The predicted molar refractivity (Wildman–Crippen MR) is 78.7 cm³/mol. The first-order chi connectivity index (χ1) is 8.22. The Morgan fingerprint density at radius 2 is 1.94 bits per heavy atom. The Morgan fingerprint density at radius 1 is 1.24 bits per heavy atom. The van der Waals surface area contributed by atoms with Crippen molar-refractivity contribution in [1.29, 1.82) is 0 Å². The first-order valence-corrected chi connectivity index (χ1v) is 8.14. The summed E-state index contributed by atoms with van der Waals surface area (Å²) in [6, 6.07) is 2.05. The lowest BCUT2D eigenvalue weighted by Crippen LogP contribution is -2.00. The third-order valence-electron chi connectivity index (χ3n) is 2.80. The van der Waals surface area contributed by atoms with Gasteiger partial charge < -0.3 is 0 Å². The van der Waals surface area contributed by atoms with Gasteiger partial charge in [0.25, 0.3) is 0 Å². The third kappa shape index (κ3) is 6.99. The van der Waals surface area contributed by atoms with Crippen molar-refractivity contribution in [2.24, 2.45) is 0 Å². The summed E-state index contributed by atoms with van der Waals surface area (Å²) in [5.74, 6) is 0.384. The van der Waals surface area contributed by atoms with Crippen LogP contribution in [0.25, 0.3) is 0 Å². The largest absolute Gasteiger partial charge is 0.299 e. The lowest BCUT2D eigenvalue weighted by Gasteiger charge is -2.00. The Morgan fingerprint density at radius 3 is 2.59 bits per heavy atom. The second-order valence-corrected chi connectivity index (χ2v) is 6.38. The highest BCUT2D eigenvalue weighted by molar-refractivity contribution is 9.10. The average molecular weight is 317 g/mol. The van der Waals surface area contributed by atoms with Crippen molar-refractivity contribution in [3.63, 3.8) is 0 Å². The van der Waals surface area contributed by atoms with Gasteiger partial charge in [0.2, 0.25) is 0 Å². The van der Waals surface area contributed by atoms with Crippen molar-refractivity contribution >= 4 is 33.0 Å². The fourth-order valence-corrected chi connectivity index (χ4v) is 3.31. The summed E-state index contributed by atoms with van der Waals surface area (Å²) >= 11 is 5.07. The molecule has 0 aliphatic rings. The van der Waals surface area contributed by atoms with Crippen molar-refractivity contribution in [2.45, 2.75) is 58.3 Å². The molecule has 96 valence electrons. The van der Waals surface area contributed by atoms with Crippen LogP contribution >= 0.6 is 27.3 Å². The van der Waals surface area contributed by atoms with Crippen LogP contribution in [0.1, 0.15) is 56.7 Å². The Labute approximate surface area is 117 Å². The number of Topliss-reactive ketones (excluding diaryl/α,β-unsaturated/α-hetero) is 1. The predicted octanol–water partition coefficient (Wildman–Crippen LogP) is 5.37. The molecule has 1 heterocycles. The zero-order valence-corrected chi connectivity index (χ0v) is 12.9. The summed E-state index contributed by atoms with van der Waals surface area (Å²) in [6.07, 6.45) is 8.86. The number of carbonyl (C=O) groups excluding carboxylic acids is 1. The van der Waals surface area contributed by atoms with Crippen LogP contribution in [0.3, 0.4) is 0 Å². The van der Waals surface area contributed by atoms with Crippen molar-refractivity contribution in [1.82, 2.24) is 0 Å². The molecular weight excluding hydrogens is 296 g/mol.